The third kappa shape index (κ3) is 5.18. The molecule has 1 aliphatic heterocycles. The number of benzene rings is 1. The number of ether oxygens (including phenoxy) is 2. The van der Waals surface area contributed by atoms with E-state index in [9.17, 15) is 0 Å². The molecule has 0 fully saturated rings. The Hall–Kier alpha value is -2.70. The molecule has 7 heteroatoms. The fourth-order valence-electron chi connectivity index (χ4n) is 3.22. The molecule has 0 atom stereocenters. The van der Waals surface area contributed by atoms with Crippen LogP contribution in [0.15, 0.2) is 33.8 Å². The minimum Gasteiger partial charge on any atom is -0.454 e. The van der Waals surface area contributed by atoms with Gasteiger partial charge >= 0.3 is 0 Å². The topological polar surface area (TPSA) is 80.9 Å². The SMILES string of the molecule is CCNC(=NCc1cc(C(CC)CC)no1)NCCc1ccc2c(c1)OCO2. The average molecular weight is 386 g/mol. The number of guanidine groups is 1. The van der Waals surface area contributed by atoms with Crippen molar-refractivity contribution in [1.29, 1.82) is 0 Å². The molecule has 2 heterocycles. The molecule has 0 spiro atoms. The van der Waals surface area contributed by atoms with Crippen LogP contribution >= 0.6 is 0 Å². The Kier molecular flexibility index (Phi) is 7.17. The molecule has 1 aromatic carbocycles. The summed E-state index contributed by atoms with van der Waals surface area (Å²) in [5.74, 6) is 3.64. The van der Waals surface area contributed by atoms with Crippen molar-refractivity contribution in [1.82, 2.24) is 15.8 Å². The molecular weight excluding hydrogens is 356 g/mol. The first-order valence-electron chi connectivity index (χ1n) is 10.1. The monoisotopic (exact) mass is 386 g/mol. The number of aliphatic imine (C=N–C) groups is 1. The minimum atomic E-state index is 0.300. The highest BCUT2D eigenvalue weighted by Gasteiger charge is 2.14. The molecule has 0 aliphatic carbocycles. The fourth-order valence-corrected chi connectivity index (χ4v) is 3.22. The van der Waals surface area contributed by atoms with E-state index in [-0.39, 0.29) is 0 Å². The maximum Gasteiger partial charge on any atom is 0.231 e. The maximum absolute atomic E-state index is 5.46. The molecular formula is C21H30N4O3. The summed E-state index contributed by atoms with van der Waals surface area (Å²) in [4.78, 5) is 4.61. The smallest absolute Gasteiger partial charge is 0.231 e. The van der Waals surface area contributed by atoms with Crippen LogP contribution in [-0.4, -0.2) is 31.0 Å². The van der Waals surface area contributed by atoms with Crippen molar-refractivity contribution in [2.75, 3.05) is 19.9 Å². The molecule has 2 aromatic rings. The Morgan fingerprint density at radius 2 is 1.93 bits per heavy atom. The van der Waals surface area contributed by atoms with Crippen LogP contribution < -0.4 is 20.1 Å². The second-order valence-electron chi connectivity index (χ2n) is 6.79. The van der Waals surface area contributed by atoms with Gasteiger partial charge in [0, 0.05) is 25.1 Å². The zero-order valence-corrected chi connectivity index (χ0v) is 17.0. The molecule has 0 bridgehead atoms. The molecule has 0 unspecified atom stereocenters. The van der Waals surface area contributed by atoms with Crippen LogP contribution in [0.25, 0.3) is 0 Å². The van der Waals surface area contributed by atoms with E-state index in [0.29, 0.717) is 19.3 Å². The van der Waals surface area contributed by atoms with Gasteiger partial charge in [0.2, 0.25) is 6.79 Å². The van der Waals surface area contributed by atoms with Gasteiger partial charge in [-0.05, 0) is 43.9 Å². The molecule has 0 radical (unpaired) electrons. The summed E-state index contributed by atoms with van der Waals surface area (Å²) in [5, 5.41) is 10.8. The summed E-state index contributed by atoms with van der Waals surface area (Å²) in [6.45, 7) is 8.73. The third-order valence-electron chi connectivity index (χ3n) is 4.86. The first-order valence-corrected chi connectivity index (χ1v) is 10.1. The van der Waals surface area contributed by atoms with Crippen molar-refractivity contribution in [3.63, 3.8) is 0 Å². The van der Waals surface area contributed by atoms with E-state index in [1.165, 1.54) is 5.56 Å². The maximum atomic E-state index is 5.46. The van der Waals surface area contributed by atoms with Crippen molar-refractivity contribution in [3.05, 3.63) is 41.3 Å². The van der Waals surface area contributed by atoms with Gasteiger partial charge in [-0.25, -0.2) is 4.99 Å². The zero-order chi connectivity index (χ0) is 19.8. The van der Waals surface area contributed by atoms with E-state index in [2.05, 4.69) is 47.6 Å². The van der Waals surface area contributed by atoms with E-state index in [0.717, 1.165) is 61.3 Å². The van der Waals surface area contributed by atoms with Crippen LogP contribution in [0.3, 0.4) is 0 Å². The number of hydrogen-bond acceptors (Lipinski definition) is 5. The first-order chi connectivity index (χ1) is 13.7. The molecule has 28 heavy (non-hydrogen) atoms. The molecule has 7 nitrogen and oxygen atoms in total. The van der Waals surface area contributed by atoms with Crippen LogP contribution in [0.2, 0.25) is 0 Å². The molecule has 1 aliphatic rings. The van der Waals surface area contributed by atoms with Gasteiger partial charge in [0.1, 0.15) is 6.54 Å². The normalized spacial score (nSPS) is 13.2. The van der Waals surface area contributed by atoms with Gasteiger partial charge in [-0.3, -0.25) is 0 Å². The van der Waals surface area contributed by atoms with E-state index in [4.69, 9.17) is 14.0 Å². The van der Waals surface area contributed by atoms with E-state index in [1.54, 1.807) is 0 Å². The number of nitrogens with one attached hydrogen (secondary N) is 2. The molecule has 0 saturated carbocycles. The van der Waals surface area contributed by atoms with Gasteiger partial charge < -0.3 is 24.6 Å². The number of hydrogen-bond donors (Lipinski definition) is 2. The molecule has 3 rings (SSSR count). The van der Waals surface area contributed by atoms with Gasteiger partial charge in [0.15, 0.2) is 23.2 Å². The van der Waals surface area contributed by atoms with Crippen LogP contribution in [0, 0.1) is 0 Å². The number of rotatable bonds is 9. The highest BCUT2D eigenvalue weighted by Crippen LogP contribution is 2.32. The summed E-state index contributed by atoms with van der Waals surface area (Å²) >= 11 is 0. The standard InChI is InChI=1S/C21H30N4O3/c1-4-16(5-2)18-12-17(28-25-18)13-24-21(22-6-3)23-10-9-15-7-8-19-20(11-15)27-14-26-19/h7-8,11-12,16H,4-6,9-10,13-14H2,1-3H3,(H2,22,23,24). The summed E-state index contributed by atoms with van der Waals surface area (Å²) in [7, 11) is 0. The molecule has 0 amide bonds. The summed E-state index contributed by atoms with van der Waals surface area (Å²) in [6.07, 6.45) is 2.99. The predicted molar refractivity (Wildman–Crippen MR) is 109 cm³/mol. The van der Waals surface area contributed by atoms with Gasteiger partial charge in [-0.2, -0.15) is 0 Å². The molecule has 0 saturated heterocycles. The highest BCUT2D eigenvalue weighted by molar-refractivity contribution is 5.79. The predicted octanol–water partition coefficient (Wildman–Crippen LogP) is 3.60. The zero-order valence-electron chi connectivity index (χ0n) is 17.0. The Morgan fingerprint density at radius 1 is 1.11 bits per heavy atom. The average Bonchev–Trinajstić information content (AvgIpc) is 3.36. The third-order valence-corrected chi connectivity index (χ3v) is 4.86. The van der Waals surface area contributed by atoms with Crippen LogP contribution in [0.1, 0.15) is 56.5 Å². The van der Waals surface area contributed by atoms with E-state index < -0.39 is 0 Å². The Labute approximate surface area is 166 Å². The number of fused-ring (bicyclic) bond motifs is 1. The van der Waals surface area contributed by atoms with Crippen molar-refractivity contribution in [2.45, 2.75) is 52.5 Å². The summed E-state index contributed by atoms with van der Waals surface area (Å²) in [6, 6.07) is 8.07. The van der Waals surface area contributed by atoms with Crippen molar-refractivity contribution in [2.24, 2.45) is 4.99 Å². The largest absolute Gasteiger partial charge is 0.454 e. The lowest BCUT2D eigenvalue weighted by molar-refractivity contribution is 0.174. The Bertz CT molecular complexity index is 784. The van der Waals surface area contributed by atoms with Crippen molar-refractivity contribution >= 4 is 5.96 Å². The highest BCUT2D eigenvalue weighted by atomic mass is 16.7. The quantitative estimate of drug-likeness (QED) is 0.506. The Morgan fingerprint density at radius 3 is 2.71 bits per heavy atom. The molecule has 2 N–H and O–H groups in total. The number of aromatic nitrogens is 1. The van der Waals surface area contributed by atoms with Crippen LogP contribution in [0.4, 0.5) is 0 Å². The Balaban J connectivity index is 1.52. The summed E-state index contributed by atoms with van der Waals surface area (Å²) < 4.78 is 16.2. The van der Waals surface area contributed by atoms with Gasteiger partial charge in [0.05, 0.1) is 5.69 Å². The van der Waals surface area contributed by atoms with Gasteiger partial charge in [0.25, 0.3) is 0 Å². The number of nitrogens with zero attached hydrogens (tertiary/aromatic N) is 2. The first kappa shape index (κ1) is 20.0. The lowest BCUT2D eigenvalue weighted by Crippen LogP contribution is -2.38. The minimum absolute atomic E-state index is 0.300. The lowest BCUT2D eigenvalue weighted by Gasteiger charge is -2.11. The van der Waals surface area contributed by atoms with Crippen LogP contribution in [-0.2, 0) is 13.0 Å². The van der Waals surface area contributed by atoms with Gasteiger partial charge in [-0.1, -0.05) is 25.1 Å². The summed E-state index contributed by atoms with van der Waals surface area (Å²) in [5.41, 5.74) is 2.22. The lowest BCUT2D eigenvalue weighted by atomic mass is 9.99. The second kappa shape index (κ2) is 10.0. The van der Waals surface area contributed by atoms with E-state index >= 15 is 0 Å². The second-order valence-corrected chi connectivity index (χ2v) is 6.79. The van der Waals surface area contributed by atoms with Crippen LogP contribution in [0.5, 0.6) is 11.5 Å². The molecule has 152 valence electrons. The van der Waals surface area contributed by atoms with Crippen molar-refractivity contribution < 1.29 is 14.0 Å². The van der Waals surface area contributed by atoms with Crippen molar-refractivity contribution in [3.8, 4) is 11.5 Å². The fraction of sp³-hybridized carbons (Fsp3) is 0.524. The molecule has 1 aromatic heterocycles. The van der Waals surface area contributed by atoms with Gasteiger partial charge in [-0.15, -0.1) is 0 Å². The van der Waals surface area contributed by atoms with E-state index in [1.807, 2.05) is 18.2 Å².